The fraction of sp³-hybridized carbons (Fsp3) is 0.552. The van der Waals surface area contributed by atoms with Crippen LogP contribution in [0.1, 0.15) is 74.6 Å². The molecule has 0 unspecified atom stereocenters. The van der Waals surface area contributed by atoms with Crippen LogP contribution in [0.15, 0.2) is 35.5 Å². The van der Waals surface area contributed by atoms with Gasteiger partial charge in [0.2, 0.25) is 0 Å². The predicted molar refractivity (Wildman–Crippen MR) is 151 cm³/mol. The summed E-state index contributed by atoms with van der Waals surface area (Å²) in [5.74, 6) is -1.22. The van der Waals surface area contributed by atoms with Crippen molar-refractivity contribution < 1.29 is 150 Å². The van der Waals surface area contributed by atoms with Crippen LogP contribution in [-0.4, -0.2) is 69.9 Å². The van der Waals surface area contributed by atoms with Crippen LogP contribution in [0.25, 0.3) is 10.6 Å². The number of aldehydes is 1. The normalized spacial score (nSPS) is 12.2. The number of alkyl carbamates (subject to hydrolysis) is 1. The Morgan fingerprint density at radius 1 is 0.905 bits per heavy atom. The Kier molecular flexibility index (Phi) is 26.1. The fourth-order valence-corrected chi connectivity index (χ4v) is 4.10. The van der Waals surface area contributed by atoms with Crippen LogP contribution in [0.5, 0.6) is 0 Å². The number of amides is 3. The molecule has 1 aromatic carbocycles. The number of hydrogen-bond donors (Lipinski definition) is 2. The maximum absolute atomic E-state index is 12.9. The molecule has 0 spiro atoms. The van der Waals surface area contributed by atoms with Crippen molar-refractivity contribution in [1.29, 1.82) is 0 Å². The number of ketones is 1. The topological polar surface area (TPSA) is 156 Å². The van der Waals surface area contributed by atoms with Crippen molar-refractivity contribution in [2.45, 2.75) is 64.2 Å². The minimum Gasteiger partial charge on any atom is -0.651 e. The van der Waals surface area contributed by atoms with Crippen molar-refractivity contribution in [3.05, 3.63) is 51.7 Å². The first-order chi connectivity index (χ1) is 19.4. The summed E-state index contributed by atoms with van der Waals surface area (Å²) in [5.41, 5.74) is 2.69. The zero-order chi connectivity index (χ0) is 29.0. The molecule has 1 aliphatic rings. The second kappa shape index (κ2) is 26.1. The Hall–Kier alpha value is -0.120. The van der Waals surface area contributed by atoms with E-state index in [-0.39, 0.29) is 142 Å². The van der Waals surface area contributed by atoms with Gasteiger partial charge in [-0.3, -0.25) is 4.79 Å². The van der Waals surface area contributed by atoms with Gasteiger partial charge in [-0.25, -0.2) is 4.79 Å². The number of carbonyl (C=O) groups excluding carboxylic acids is 5. The summed E-state index contributed by atoms with van der Waals surface area (Å²) in [6.45, 7) is 1.35. The maximum Gasteiger partial charge on any atom is 1.00 e. The van der Waals surface area contributed by atoms with Gasteiger partial charge in [0.1, 0.15) is 6.29 Å². The number of ether oxygens (including phenoxy) is 2. The number of hydrogen-bond acceptors (Lipinski definition) is 8. The van der Waals surface area contributed by atoms with Crippen molar-refractivity contribution in [3.8, 4) is 0 Å². The van der Waals surface area contributed by atoms with Crippen LogP contribution < -0.4 is 127 Å². The number of nitrogens with zero attached hydrogens (tertiary/aromatic N) is 2. The van der Waals surface area contributed by atoms with Crippen LogP contribution in [0, 0.1) is 0 Å². The van der Waals surface area contributed by atoms with Gasteiger partial charge in [-0.05, 0) is 38.5 Å². The number of rotatable bonds is 19. The quantitative estimate of drug-likeness (QED) is 0.0767. The average Bonchev–Trinajstić information content (AvgIpc) is 2.96. The predicted octanol–water partition coefficient (Wildman–Crippen LogP) is -1.36. The largest absolute Gasteiger partial charge is 1.00 e. The van der Waals surface area contributed by atoms with E-state index in [9.17, 15) is 24.0 Å². The van der Waals surface area contributed by atoms with Crippen LogP contribution in [0.4, 0.5) is 10.5 Å². The summed E-state index contributed by atoms with van der Waals surface area (Å²) in [4.78, 5) is 58.7. The molecule has 3 amide bonds. The van der Waals surface area contributed by atoms with Crippen LogP contribution in [-0.2, 0) is 23.9 Å². The summed E-state index contributed by atoms with van der Waals surface area (Å²) in [6.07, 6.45) is 7.13. The van der Waals surface area contributed by atoms with Crippen molar-refractivity contribution in [2.75, 3.05) is 40.0 Å². The number of unbranched alkanes of at least 4 members (excludes halogenated alkanes) is 3. The minimum absolute atomic E-state index is 0. The molecule has 1 aliphatic carbocycles. The molecule has 0 heterocycles. The molecule has 0 aliphatic heterocycles. The van der Waals surface area contributed by atoms with Gasteiger partial charge in [-0.1, -0.05) is 30.7 Å². The van der Waals surface area contributed by atoms with Gasteiger partial charge in [0, 0.05) is 62.9 Å². The van der Waals surface area contributed by atoms with Crippen molar-refractivity contribution in [1.82, 2.24) is 10.6 Å². The second-order valence-electron chi connectivity index (χ2n) is 9.29. The minimum atomic E-state index is -0.613. The molecular weight excluding hydrogens is 687 g/mol. The fourth-order valence-electron chi connectivity index (χ4n) is 4.10. The zero-order valence-corrected chi connectivity index (χ0v) is 35.1. The Morgan fingerprint density at radius 2 is 1.64 bits per heavy atom. The maximum atomic E-state index is 12.9. The SMILES string of the molecule is CNC1=C(C(=O)c2ccc([N-]C(=O)CC(=O)[N-]CCOCCCOC(=O)NCCCCCC=O)cc2)CCCC1.[Rb+].[Rb+]. The molecule has 0 fully saturated rings. The number of benzene rings is 1. The summed E-state index contributed by atoms with van der Waals surface area (Å²) in [7, 11) is 1.83. The number of Topliss-reactive ketones (excluding diaryl/α,β-unsaturated/α-hetero) is 1. The molecule has 2 rings (SSSR count). The Morgan fingerprint density at radius 3 is 2.36 bits per heavy atom. The van der Waals surface area contributed by atoms with E-state index in [1.54, 1.807) is 24.3 Å². The molecule has 2 N–H and O–H groups in total. The first-order valence-corrected chi connectivity index (χ1v) is 13.9. The van der Waals surface area contributed by atoms with Crippen molar-refractivity contribution in [3.63, 3.8) is 0 Å². The summed E-state index contributed by atoms with van der Waals surface area (Å²) < 4.78 is 10.4. The van der Waals surface area contributed by atoms with E-state index in [0.717, 1.165) is 62.5 Å². The van der Waals surface area contributed by atoms with Gasteiger partial charge in [0.05, 0.1) is 18.4 Å². The monoisotopic (exact) mass is 726 g/mol. The number of allylic oxidation sites excluding steroid dienone is 2. The van der Waals surface area contributed by atoms with E-state index in [1.807, 2.05) is 7.05 Å². The summed E-state index contributed by atoms with van der Waals surface area (Å²) >= 11 is 0. The van der Waals surface area contributed by atoms with Crippen molar-refractivity contribution in [2.24, 2.45) is 0 Å². The van der Waals surface area contributed by atoms with E-state index < -0.39 is 24.3 Å². The third-order valence-electron chi connectivity index (χ3n) is 6.19. The van der Waals surface area contributed by atoms with Crippen LogP contribution in [0.2, 0.25) is 0 Å². The number of nitrogens with one attached hydrogen (secondary N) is 2. The van der Waals surface area contributed by atoms with Gasteiger partial charge < -0.3 is 45.1 Å². The standard InChI is InChI=1S/C29H42N4O7.2Rb/c1-30-25-10-5-4-9-24(25)28(37)22-11-13-23(14-12-22)33-27(36)21-26(35)31-16-20-39-18-8-19-40-29(38)32-15-6-2-3-7-17-34;;/h11-14,17H,2-10,15-16,18-21H2,1H3,(H4,30,31,32,33,35,36,37,38);;/q;2*+1/p-2. The Bertz CT molecular complexity index is 1020. The van der Waals surface area contributed by atoms with Crippen molar-refractivity contribution >= 4 is 35.7 Å². The molecule has 0 saturated heterocycles. The Labute approximate surface area is 346 Å². The van der Waals surface area contributed by atoms with E-state index in [1.165, 1.54) is 0 Å². The van der Waals surface area contributed by atoms with Gasteiger partial charge in [0.25, 0.3) is 0 Å². The third-order valence-corrected chi connectivity index (χ3v) is 6.19. The van der Waals surface area contributed by atoms with Gasteiger partial charge in [-0.2, -0.15) is 0 Å². The molecule has 0 bridgehead atoms. The molecule has 0 aromatic heterocycles. The molecule has 0 atom stereocenters. The zero-order valence-electron chi connectivity index (χ0n) is 25.2. The molecule has 42 heavy (non-hydrogen) atoms. The molecule has 220 valence electrons. The van der Waals surface area contributed by atoms with Gasteiger partial charge >= 0.3 is 122 Å². The van der Waals surface area contributed by atoms with E-state index in [4.69, 9.17) is 9.47 Å². The third kappa shape index (κ3) is 18.0. The molecule has 0 radical (unpaired) electrons. The Balaban J connectivity index is 0.00000840. The van der Waals surface area contributed by atoms with Gasteiger partial charge in [0.15, 0.2) is 5.78 Å². The van der Waals surface area contributed by atoms with E-state index >= 15 is 0 Å². The van der Waals surface area contributed by atoms with Crippen LogP contribution >= 0.6 is 0 Å². The first kappa shape index (κ1) is 41.9. The summed E-state index contributed by atoms with van der Waals surface area (Å²) in [5, 5.41) is 13.5. The van der Waals surface area contributed by atoms with E-state index in [2.05, 4.69) is 21.3 Å². The number of carbonyl (C=O) groups is 5. The van der Waals surface area contributed by atoms with Crippen LogP contribution in [0.3, 0.4) is 0 Å². The molecular formula is C29H40N4O7Rb2. The van der Waals surface area contributed by atoms with E-state index in [0.29, 0.717) is 37.2 Å². The molecule has 1 aromatic rings. The smallest absolute Gasteiger partial charge is 0.651 e. The summed E-state index contributed by atoms with van der Waals surface area (Å²) in [6, 6.07) is 6.47. The second-order valence-corrected chi connectivity index (χ2v) is 9.29. The molecule has 11 nitrogen and oxygen atoms in total. The molecule has 0 saturated carbocycles. The molecule has 13 heteroatoms. The average molecular weight is 728 g/mol. The first-order valence-electron chi connectivity index (χ1n) is 13.9. The van der Waals surface area contributed by atoms with Gasteiger partial charge in [-0.15, -0.1) is 12.2 Å².